The molecule has 1 N–H and O–H groups in total. The number of nitrogens with one attached hydrogen (secondary N) is 1. The molecule has 0 saturated carbocycles. The van der Waals surface area contributed by atoms with Crippen LogP contribution in [-0.2, 0) is 4.74 Å². The molecule has 0 saturated heterocycles. The molecule has 2 aromatic heterocycles. The number of rotatable bonds is 1. The molecule has 0 radical (unpaired) electrons. The largest absolute Gasteiger partial charge is 0.443 e. The van der Waals surface area contributed by atoms with Gasteiger partial charge in [-0.2, -0.15) is 0 Å². The van der Waals surface area contributed by atoms with Crippen LogP contribution in [0.5, 0.6) is 0 Å². The number of carbonyl (C=O) groups is 1. The van der Waals surface area contributed by atoms with E-state index >= 15 is 0 Å². The predicted molar refractivity (Wildman–Crippen MR) is 82.7 cm³/mol. The van der Waals surface area contributed by atoms with Crippen LogP contribution in [0.2, 0.25) is 0 Å². The Morgan fingerprint density at radius 2 is 2.20 bits per heavy atom. The van der Waals surface area contributed by atoms with Crippen LogP contribution in [0, 0.1) is 4.64 Å². The van der Waals surface area contributed by atoms with Crippen LogP contribution in [-0.4, -0.2) is 33.3 Å². The van der Waals surface area contributed by atoms with Crippen LogP contribution < -0.4 is 4.90 Å². The highest BCUT2D eigenvalue weighted by Gasteiger charge is 2.22. The van der Waals surface area contributed by atoms with Crippen molar-refractivity contribution < 1.29 is 9.53 Å². The third-order valence-electron chi connectivity index (χ3n) is 2.45. The first kappa shape index (κ1) is 15.0. The summed E-state index contributed by atoms with van der Waals surface area (Å²) in [5.41, 5.74) is 0.0536. The number of nitrogens with zero attached hydrogens (tertiary/aromatic N) is 3. The summed E-state index contributed by atoms with van der Waals surface area (Å²) in [4.78, 5) is 17.8. The Morgan fingerprint density at radius 3 is 2.80 bits per heavy atom. The third kappa shape index (κ3) is 3.01. The zero-order valence-electron chi connectivity index (χ0n) is 11.6. The van der Waals surface area contributed by atoms with E-state index in [1.807, 2.05) is 20.8 Å². The molecule has 2 heterocycles. The third-order valence-corrected chi connectivity index (χ3v) is 3.25. The van der Waals surface area contributed by atoms with Gasteiger partial charge in [-0.25, -0.2) is 14.3 Å². The number of aromatic nitrogens is 3. The Kier molecular flexibility index (Phi) is 3.88. The first-order chi connectivity index (χ1) is 9.19. The number of H-pyrrole nitrogens is 1. The molecule has 2 aromatic rings. The SMILES string of the molecule is CN(C(=O)OC(C)(C)C)c1cc(=S)nc2c(Br)c[nH]n12. The molecule has 108 valence electrons. The highest BCUT2D eigenvalue weighted by molar-refractivity contribution is 9.10. The van der Waals surface area contributed by atoms with Gasteiger partial charge in [-0.15, -0.1) is 0 Å². The van der Waals surface area contributed by atoms with E-state index in [2.05, 4.69) is 26.0 Å². The van der Waals surface area contributed by atoms with Crippen molar-refractivity contribution in [2.75, 3.05) is 11.9 Å². The van der Waals surface area contributed by atoms with Crippen molar-refractivity contribution in [3.63, 3.8) is 0 Å². The van der Waals surface area contributed by atoms with E-state index in [4.69, 9.17) is 17.0 Å². The summed E-state index contributed by atoms with van der Waals surface area (Å²) >= 11 is 8.50. The summed E-state index contributed by atoms with van der Waals surface area (Å²) in [5, 5.41) is 2.99. The van der Waals surface area contributed by atoms with Crippen molar-refractivity contribution in [3.8, 4) is 0 Å². The Bertz CT molecular complexity index is 716. The van der Waals surface area contributed by atoms with Crippen LogP contribution in [0.25, 0.3) is 5.65 Å². The molecular formula is C12H15BrN4O2S. The van der Waals surface area contributed by atoms with Crippen molar-refractivity contribution in [1.82, 2.24) is 14.6 Å². The lowest BCUT2D eigenvalue weighted by atomic mass is 10.2. The minimum Gasteiger partial charge on any atom is -0.443 e. The number of fused-ring (bicyclic) bond motifs is 1. The predicted octanol–water partition coefficient (Wildman–Crippen LogP) is 3.53. The number of aromatic amines is 1. The molecule has 6 nitrogen and oxygen atoms in total. The summed E-state index contributed by atoms with van der Waals surface area (Å²) in [5.74, 6) is 0.556. The molecule has 2 rings (SSSR count). The van der Waals surface area contributed by atoms with Gasteiger partial charge in [-0.05, 0) is 36.7 Å². The van der Waals surface area contributed by atoms with Crippen LogP contribution in [0.1, 0.15) is 20.8 Å². The van der Waals surface area contributed by atoms with Gasteiger partial charge in [0.25, 0.3) is 0 Å². The zero-order valence-corrected chi connectivity index (χ0v) is 14.0. The van der Waals surface area contributed by atoms with E-state index in [-0.39, 0.29) is 0 Å². The molecule has 0 bridgehead atoms. The van der Waals surface area contributed by atoms with Gasteiger partial charge in [-0.1, -0.05) is 12.2 Å². The smallest absolute Gasteiger partial charge is 0.415 e. The number of ether oxygens (including phenoxy) is 1. The molecule has 0 atom stereocenters. The number of halogens is 1. The maximum absolute atomic E-state index is 12.1. The number of carbonyl (C=O) groups excluding carboxylic acids is 1. The lowest BCUT2D eigenvalue weighted by Gasteiger charge is -2.24. The van der Waals surface area contributed by atoms with Gasteiger partial charge in [0, 0.05) is 19.3 Å². The highest BCUT2D eigenvalue weighted by Crippen LogP contribution is 2.22. The standard InChI is InChI=1S/C12H15BrN4O2S/c1-12(2,3)19-11(18)16(4)9-5-8(20)15-10-7(13)6-14-17(9)10/h5-6,14H,1-4H3. The van der Waals surface area contributed by atoms with Gasteiger partial charge in [0.1, 0.15) is 16.1 Å². The molecule has 0 aliphatic carbocycles. The normalized spacial score (nSPS) is 11.7. The van der Waals surface area contributed by atoms with E-state index in [1.54, 1.807) is 23.8 Å². The molecular weight excluding hydrogens is 344 g/mol. The Labute approximate surface area is 129 Å². The average Bonchev–Trinajstić information content (AvgIpc) is 2.67. The quantitative estimate of drug-likeness (QED) is 0.792. The minimum absolute atomic E-state index is 0.399. The van der Waals surface area contributed by atoms with Gasteiger partial charge in [0.05, 0.1) is 4.47 Å². The molecule has 0 aliphatic heterocycles. The van der Waals surface area contributed by atoms with Crippen molar-refractivity contribution >= 4 is 45.7 Å². The maximum Gasteiger partial charge on any atom is 0.415 e. The van der Waals surface area contributed by atoms with Gasteiger partial charge >= 0.3 is 6.09 Å². The molecule has 8 heteroatoms. The molecule has 0 fully saturated rings. The van der Waals surface area contributed by atoms with Gasteiger partial charge in [-0.3, -0.25) is 10.00 Å². The number of amides is 1. The van der Waals surface area contributed by atoms with Crippen molar-refractivity contribution in [2.24, 2.45) is 0 Å². The second kappa shape index (κ2) is 5.17. The first-order valence-electron chi connectivity index (χ1n) is 5.92. The minimum atomic E-state index is -0.560. The van der Waals surface area contributed by atoms with Gasteiger partial charge < -0.3 is 4.74 Å². The monoisotopic (exact) mass is 358 g/mol. The number of hydrogen-bond donors (Lipinski definition) is 1. The highest BCUT2D eigenvalue weighted by atomic mass is 79.9. The second-order valence-electron chi connectivity index (χ2n) is 5.27. The maximum atomic E-state index is 12.1. The lowest BCUT2D eigenvalue weighted by Crippen LogP contribution is -2.35. The van der Waals surface area contributed by atoms with Gasteiger partial charge in [0.15, 0.2) is 5.65 Å². The average molecular weight is 359 g/mol. The fourth-order valence-electron chi connectivity index (χ4n) is 1.61. The number of hydrogen-bond acceptors (Lipinski definition) is 4. The van der Waals surface area contributed by atoms with E-state index in [9.17, 15) is 4.79 Å². The zero-order chi connectivity index (χ0) is 15.1. The summed E-state index contributed by atoms with van der Waals surface area (Å²) in [7, 11) is 1.62. The van der Waals surface area contributed by atoms with E-state index in [0.717, 1.165) is 4.47 Å². The van der Waals surface area contributed by atoms with Crippen molar-refractivity contribution in [2.45, 2.75) is 26.4 Å². The lowest BCUT2D eigenvalue weighted by molar-refractivity contribution is 0.0587. The first-order valence-corrected chi connectivity index (χ1v) is 7.12. The molecule has 0 aromatic carbocycles. The second-order valence-corrected chi connectivity index (χ2v) is 6.54. The summed E-state index contributed by atoms with van der Waals surface area (Å²) in [6, 6.07) is 1.63. The fraction of sp³-hybridized carbons (Fsp3) is 0.417. The molecule has 20 heavy (non-hydrogen) atoms. The van der Waals surface area contributed by atoms with Crippen LogP contribution >= 0.6 is 28.1 Å². The van der Waals surface area contributed by atoms with Crippen molar-refractivity contribution in [1.29, 1.82) is 0 Å². The molecule has 0 spiro atoms. The van der Waals surface area contributed by atoms with Crippen LogP contribution in [0.15, 0.2) is 16.7 Å². The number of anilines is 1. The van der Waals surface area contributed by atoms with Crippen LogP contribution in [0.4, 0.5) is 10.6 Å². The topological polar surface area (TPSA) is 62.6 Å². The Hall–Kier alpha value is -1.41. The Balaban J connectivity index is 2.47. The summed E-state index contributed by atoms with van der Waals surface area (Å²) in [6.07, 6.45) is 1.27. The van der Waals surface area contributed by atoms with Crippen molar-refractivity contribution in [3.05, 3.63) is 21.4 Å². The molecule has 0 unspecified atom stereocenters. The fourth-order valence-corrected chi connectivity index (χ4v) is 2.17. The van der Waals surface area contributed by atoms with E-state index < -0.39 is 11.7 Å². The Morgan fingerprint density at radius 1 is 1.55 bits per heavy atom. The molecule has 0 aliphatic rings. The summed E-state index contributed by atoms with van der Waals surface area (Å²) < 4.78 is 8.17. The van der Waals surface area contributed by atoms with E-state index in [1.165, 1.54) is 4.90 Å². The summed E-state index contributed by atoms with van der Waals surface area (Å²) in [6.45, 7) is 5.45. The van der Waals surface area contributed by atoms with Crippen LogP contribution in [0.3, 0.4) is 0 Å². The van der Waals surface area contributed by atoms with Gasteiger partial charge in [0.2, 0.25) is 0 Å². The van der Waals surface area contributed by atoms with E-state index in [0.29, 0.717) is 16.1 Å². The molecule has 1 amide bonds.